The zero-order valence-corrected chi connectivity index (χ0v) is 12.9. The second-order valence-electron chi connectivity index (χ2n) is 4.80. The fourth-order valence-corrected chi connectivity index (χ4v) is 2.62. The second kappa shape index (κ2) is 6.29. The first-order chi connectivity index (χ1) is 9.56. The minimum Gasteiger partial charge on any atom is -0.496 e. The van der Waals surface area contributed by atoms with Gasteiger partial charge < -0.3 is 10.5 Å². The van der Waals surface area contributed by atoms with Crippen molar-refractivity contribution in [1.82, 2.24) is 9.78 Å². The smallest absolute Gasteiger partial charge is 0.124 e. The van der Waals surface area contributed by atoms with Gasteiger partial charge in [0.05, 0.1) is 19.3 Å². The molecule has 0 fully saturated rings. The van der Waals surface area contributed by atoms with Crippen LogP contribution in [0.5, 0.6) is 5.75 Å². The molecule has 20 heavy (non-hydrogen) atoms. The van der Waals surface area contributed by atoms with Crippen molar-refractivity contribution in [2.75, 3.05) is 13.7 Å². The molecule has 0 bridgehead atoms. The first kappa shape index (κ1) is 14.9. The van der Waals surface area contributed by atoms with Gasteiger partial charge >= 0.3 is 0 Å². The molecule has 5 heteroatoms. The van der Waals surface area contributed by atoms with Gasteiger partial charge in [-0.2, -0.15) is 5.10 Å². The minimum absolute atomic E-state index is 0.633. The Hall–Kier alpha value is -1.52. The highest BCUT2D eigenvalue weighted by Gasteiger charge is 2.13. The van der Waals surface area contributed by atoms with Crippen LogP contribution in [-0.4, -0.2) is 23.4 Å². The van der Waals surface area contributed by atoms with E-state index in [0.29, 0.717) is 18.1 Å². The van der Waals surface area contributed by atoms with Crippen molar-refractivity contribution < 1.29 is 4.74 Å². The number of aromatic nitrogens is 2. The molecule has 0 aliphatic heterocycles. The zero-order valence-electron chi connectivity index (χ0n) is 12.1. The summed E-state index contributed by atoms with van der Waals surface area (Å²) >= 11 is 6.06. The van der Waals surface area contributed by atoms with Crippen LogP contribution in [0.25, 0.3) is 0 Å². The standard InChI is InChI=1S/C15H20ClN3O/c1-10-14(6-7-17)11(2)19(18-10)9-12-8-13(16)4-5-15(12)20-3/h4-5,8H,6-7,9,17H2,1-3H3. The predicted octanol–water partition coefficient (Wildman–Crippen LogP) is 2.71. The summed E-state index contributed by atoms with van der Waals surface area (Å²) < 4.78 is 7.36. The largest absolute Gasteiger partial charge is 0.496 e. The number of nitrogens with zero attached hydrogens (tertiary/aromatic N) is 2. The molecule has 0 radical (unpaired) electrons. The molecule has 0 unspecified atom stereocenters. The zero-order chi connectivity index (χ0) is 14.7. The molecule has 2 aromatic rings. The lowest BCUT2D eigenvalue weighted by molar-refractivity contribution is 0.407. The molecule has 108 valence electrons. The average molecular weight is 294 g/mol. The molecule has 1 aromatic carbocycles. The van der Waals surface area contributed by atoms with E-state index in [4.69, 9.17) is 22.1 Å². The molecule has 0 spiro atoms. The van der Waals surface area contributed by atoms with Crippen molar-refractivity contribution in [3.05, 3.63) is 45.7 Å². The molecule has 0 atom stereocenters. The van der Waals surface area contributed by atoms with Crippen LogP contribution in [0.15, 0.2) is 18.2 Å². The molecule has 2 N–H and O–H groups in total. The second-order valence-corrected chi connectivity index (χ2v) is 5.24. The van der Waals surface area contributed by atoms with E-state index in [1.165, 1.54) is 5.56 Å². The third-order valence-corrected chi connectivity index (χ3v) is 3.72. The van der Waals surface area contributed by atoms with E-state index < -0.39 is 0 Å². The van der Waals surface area contributed by atoms with Crippen LogP contribution in [-0.2, 0) is 13.0 Å². The van der Waals surface area contributed by atoms with Crippen LogP contribution in [0.1, 0.15) is 22.5 Å². The number of rotatable bonds is 5. The van der Waals surface area contributed by atoms with E-state index in [-0.39, 0.29) is 0 Å². The number of aryl methyl sites for hydroxylation is 1. The van der Waals surface area contributed by atoms with E-state index in [1.807, 2.05) is 29.8 Å². The number of ether oxygens (including phenoxy) is 1. The van der Waals surface area contributed by atoms with E-state index in [9.17, 15) is 0 Å². The van der Waals surface area contributed by atoms with E-state index in [0.717, 1.165) is 29.1 Å². The lowest BCUT2D eigenvalue weighted by Crippen LogP contribution is -2.07. The molecule has 1 heterocycles. The van der Waals surface area contributed by atoms with Gasteiger partial charge in [-0.05, 0) is 50.6 Å². The highest BCUT2D eigenvalue weighted by Crippen LogP contribution is 2.24. The Bertz CT molecular complexity index is 607. The Morgan fingerprint density at radius 2 is 2.10 bits per heavy atom. The Morgan fingerprint density at radius 1 is 1.35 bits per heavy atom. The minimum atomic E-state index is 0.633. The summed E-state index contributed by atoms with van der Waals surface area (Å²) in [5.41, 5.74) is 10.1. The number of halogens is 1. The van der Waals surface area contributed by atoms with Gasteiger partial charge in [0.1, 0.15) is 5.75 Å². The quantitative estimate of drug-likeness (QED) is 0.922. The summed E-state index contributed by atoms with van der Waals surface area (Å²) in [6.07, 6.45) is 0.852. The lowest BCUT2D eigenvalue weighted by atomic mass is 10.1. The number of methoxy groups -OCH3 is 1. The van der Waals surface area contributed by atoms with E-state index in [2.05, 4.69) is 12.0 Å². The average Bonchev–Trinajstić information content (AvgIpc) is 2.67. The van der Waals surface area contributed by atoms with Crippen molar-refractivity contribution in [3.8, 4) is 5.75 Å². The van der Waals surface area contributed by atoms with Crippen LogP contribution in [0, 0.1) is 13.8 Å². The van der Waals surface area contributed by atoms with Gasteiger partial charge in [-0.25, -0.2) is 0 Å². The molecule has 1 aromatic heterocycles. The van der Waals surface area contributed by atoms with Crippen molar-refractivity contribution >= 4 is 11.6 Å². The molecule has 4 nitrogen and oxygen atoms in total. The van der Waals surface area contributed by atoms with Crippen molar-refractivity contribution in [2.24, 2.45) is 5.73 Å². The van der Waals surface area contributed by atoms with Crippen LogP contribution in [0.4, 0.5) is 0 Å². The Kier molecular flexibility index (Phi) is 4.68. The maximum atomic E-state index is 6.06. The summed E-state index contributed by atoms with van der Waals surface area (Å²) in [5.74, 6) is 0.822. The molecule has 0 aliphatic rings. The van der Waals surface area contributed by atoms with E-state index in [1.54, 1.807) is 7.11 Å². The normalized spacial score (nSPS) is 10.8. The third kappa shape index (κ3) is 2.97. The summed E-state index contributed by atoms with van der Waals surface area (Å²) in [5, 5.41) is 5.29. The fraction of sp³-hybridized carbons (Fsp3) is 0.400. The molecule has 0 aliphatic carbocycles. The van der Waals surface area contributed by atoms with Crippen molar-refractivity contribution in [1.29, 1.82) is 0 Å². The van der Waals surface area contributed by atoms with Gasteiger partial charge in [0.2, 0.25) is 0 Å². The highest BCUT2D eigenvalue weighted by molar-refractivity contribution is 6.30. The van der Waals surface area contributed by atoms with Gasteiger partial charge in [0.25, 0.3) is 0 Å². The number of hydrogen-bond donors (Lipinski definition) is 1. The first-order valence-corrected chi connectivity index (χ1v) is 7.00. The number of nitrogens with two attached hydrogens (primary N) is 1. The molecule has 2 rings (SSSR count). The van der Waals surface area contributed by atoms with Gasteiger partial charge in [-0.15, -0.1) is 0 Å². The molecule has 0 saturated carbocycles. The van der Waals surface area contributed by atoms with Crippen molar-refractivity contribution in [2.45, 2.75) is 26.8 Å². The maximum Gasteiger partial charge on any atom is 0.124 e. The molecule has 0 saturated heterocycles. The Balaban J connectivity index is 2.35. The topological polar surface area (TPSA) is 53.1 Å². The third-order valence-electron chi connectivity index (χ3n) is 3.49. The Morgan fingerprint density at radius 3 is 2.75 bits per heavy atom. The van der Waals surface area contributed by atoms with Crippen LogP contribution >= 0.6 is 11.6 Å². The monoisotopic (exact) mass is 293 g/mol. The predicted molar refractivity (Wildman–Crippen MR) is 81.6 cm³/mol. The lowest BCUT2D eigenvalue weighted by Gasteiger charge is -2.10. The van der Waals surface area contributed by atoms with Crippen LogP contribution < -0.4 is 10.5 Å². The van der Waals surface area contributed by atoms with Gasteiger partial charge in [0.15, 0.2) is 0 Å². The van der Waals surface area contributed by atoms with E-state index >= 15 is 0 Å². The highest BCUT2D eigenvalue weighted by atomic mass is 35.5. The van der Waals surface area contributed by atoms with Crippen LogP contribution in [0.2, 0.25) is 5.02 Å². The molecular formula is C15H20ClN3O. The van der Waals surface area contributed by atoms with Crippen molar-refractivity contribution in [3.63, 3.8) is 0 Å². The SMILES string of the molecule is COc1ccc(Cl)cc1Cn1nc(C)c(CCN)c1C. The first-order valence-electron chi connectivity index (χ1n) is 6.62. The number of benzene rings is 1. The maximum absolute atomic E-state index is 6.06. The number of hydrogen-bond acceptors (Lipinski definition) is 3. The summed E-state index contributed by atoms with van der Waals surface area (Å²) in [6.45, 7) is 5.36. The molecular weight excluding hydrogens is 274 g/mol. The summed E-state index contributed by atoms with van der Waals surface area (Å²) in [4.78, 5) is 0. The summed E-state index contributed by atoms with van der Waals surface area (Å²) in [6, 6.07) is 5.62. The van der Waals surface area contributed by atoms with Gasteiger partial charge in [-0.1, -0.05) is 11.6 Å². The summed E-state index contributed by atoms with van der Waals surface area (Å²) in [7, 11) is 1.66. The van der Waals surface area contributed by atoms with Crippen LogP contribution in [0.3, 0.4) is 0 Å². The fourth-order valence-electron chi connectivity index (χ4n) is 2.43. The van der Waals surface area contributed by atoms with Gasteiger partial charge in [0, 0.05) is 16.3 Å². The molecule has 0 amide bonds. The van der Waals surface area contributed by atoms with Gasteiger partial charge in [-0.3, -0.25) is 4.68 Å². The Labute approximate surface area is 124 Å².